The Bertz CT molecular complexity index is 768. The second kappa shape index (κ2) is 7.34. The smallest absolute Gasteiger partial charge is 0.273 e. The molecule has 0 bridgehead atoms. The van der Waals surface area contributed by atoms with Crippen LogP contribution in [0, 0.1) is 16.0 Å². The monoisotopic (exact) mass is 340 g/mol. The number of rotatable bonds is 4. The van der Waals surface area contributed by atoms with E-state index in [-0.39, 0.29) is 22.9 Å². The number of nitrogens with zero attached hydrogens (tertiary/aromatic N) is 2. The van der Waals surface area contributed by atoms with Gasteiger partial charge in [0.25, 0.3) is 11.6 Å². The number of nitro groups is 1. The largest absolute Gasteiger partial charge is 0.507 e. The number of hydrogen-bond acceptors (Lipinski definition) is 4. The fraction of sp³-hybridized carbons (Fsp3) is 0.316. The third-order valence-electron chi connectivity index (χ3n) is 4.69. The molecule has 1 N–H and O–H groups in total. The van der Waals surface area contributed by atoms with Crippen LogP contribution >= 0.6 is 0 Å². The van der Waals surface area contributed by atoms with E-state index >= 15 is 0 Å². The number of hydrogen-bond donors (Lipinski definition) is 1. The van der Waals surface area contributed by atoms with Crippen LogP contribution < -0.4 is 0 Å². The molecule has 0 aliphatic carbocycles. The van der Waals surface area contributed by atoms with Gasteiger partial charge >= 0.3 is 0 Å². The van der Waals surface area contributed by atoms with Crippen molar-refractivity contribution in [3.05, 3.63) is 69.8 Å². The number of aromatic hydroxyl groups is 1. The molecule has 2 aromatic carbocycles. The van der Waals surface area contributed by atoms with Crippen molar-refractivity contribution in [2.45, 2.75) is 19.3 Å². The predicted octanol–water partition coefficient (Wildman–Crippen LogP) is 3.40. The zero-order chi connectivity index (χ0) is 17.8. The second-order valence-corrected chi connectivity index (χ2v) is 6.38. The van der Waals surface area contributed by atoms with Crippen molar-refractivity contribution in [2.75, 3.05) is 13.1 Å². The van der Waals surface area contributed by atoms with Crippen molar-refractivity contribution >= 4 is 11.6 Å². The summed E-state index contributed by atoms with van der Waals surface area (Å²) in [6.45, 7) is 1.26. The van der Waals surface area contributed by atoms with Crippen molar-refractivity contribution in [3.63, 3.8) is 0 Å². The molecule has 3 rings (SSSR count). The summed E-state index contributed by atoms with van der Waals surface area (Å²) < 4.78 is 0. The summed E-state index contributed by atoms with van der Waals surface area (Å²) >= 11 is 0. The van der Waals surface area contributed by atoms with Crippen molar-refractivity contribution in [1.82, 2.24) is 4.90 Å². The van der Waals surface area contributed by atoms with E-state index in [0.29, 0.717) is 19.0 Å². The Morgan fingerprint density at radius 3 is 2.44 bits per heavy atom. The predicted molar refractivity (Wildman–Crippen MR) is 93.5 cm³/mol. The Morgan fingerprint density at radius 1 is 1.16 bits per heavy atom. The maximum Gasteiger partial charge on any atom is 0.273 e. The van der Waals surface area contributed by atoms with E-state index < -0.39 is 4.92 Å². The zero-order valence-electron chi connectivity index (χ0n) is 13.8. The Morgan fingerprint density at radius 2 is 1.84 bits per heavy atom. The molecule has 0 aromatic heterocycles. The van der Waals surface area contributed by atoms with Crippen LogP contribution in [0.2, 0.25) is 0 Å². The maximum absolute atomic E-state index is 12.6. The average molecular weight is 340 g/mol. The first-order chi connectivity index (χ1) is 12.0. The van der Waals surface area contributed by atoms with Crippen LogP contribution in [-0.4, -0.2) is 33.9 Å². The number of non-ortho nitro benzene ring substituents is 1. The lowest BCUT2D eigenvalue weighted by Crippen LogP contribution is -2.38. The fourth-order valence-electron chi connectivity index (χ4n) is 3.27. The molecule has 1 saturated heterocycles. The van der Waals surface area contributed by atoms with Gasteiger partial charge in [0.1, 0.15) is 5.75 Å². The lowest BCUT2D eigenvalue weighted by atomic mass is 9.90. The highest BCUT2D eigenvalue weighted by atomic mass is 16.6. The topological polar surface area (TPSA) is 83.7 Å². The third kappa shape index (κ3) is 3.96. The summed E-state index contributed by atoms with van der Waals surface area (Å²) in [6.07, 6.45) is 2.83. The summed E-state index contributed by atoms with van der Waals surface area (Å²) in [7, 11) is 0. The van der Waals surface area contributed by atoms with Gasteiger partial charge in [-0.15, -0.1) is 0 Å². The lowest BCUT2D eigenvalue weighted by Gasteiger charge is -2.32. The number of phenols is 1. The molecule has 1 heterocycles. The molecule has 25 heavy (non-hydrogen) atoms. The van der Waals surface area contributed by atoms with Crippen molar-refractivity contribution in [3.8, 4) is 5.75 Å². The summed E-state index contributed by atoms with van der Waals surface area (Å²) in [4.78, 5) is 24.4. The van der Waals surface area contributed by atoms with Gasteiger partial charge in [-0.25, -0.2) is 0 Å². The standard InChI is InChI=1S/C19H20N2O4/c22-18-13-16(21(24)25)6-7-17(18)19(23)20-10-8-15(9-11-20)12-14-4-2-1-3-5-14/h1-7,13,15,22H,8-12H2. The molecule has 0 unspecified atom stereocenters. The quantitative estimate of drug-likeness (QED) is 0.683. The van der Waals surface area contributed by atoms with Crippen LogP contribution in [-0.2, 0) is 6.42 Å². The van der Waals surface area contributed by atoms with Crippen LogP contribution in [0.1, 0.15) is 28.8 Å². The highest BCUT2D eigenvalue weighted by Crippen LogP contribution is 2.27. The van der Waals surface area contributed by atoms with Crippen LogP contribution in [0.4, 0.5) is 5.69 Å². The van der Waals surface area contributed by atoms with E-state index in [1.807, 2.05) is 18.2 Å². The Balaban J connectivity index is 1.61. The van der Waals surface area contributed by atoms with Gasteiger partial charge in [0.15, 0.2) is 0 Å². The maximum atomic E-state index is 12.6. The van der Waals surface area contributed by atoms with Gasteiger partial charge in [-0.2, -0.15) is 0 Å². The average Bonchev–Trinajstić information content (AvgIpc) is 2.62. The number of carbonyl (C=O) groups is 1. The molecule has 1 aliphatic rings. The van der Waals surface area contributed by atoms with E-state index in [0.717, 1.165) is 25.3 Å². The Hall–Kier alpha value is -2.89. The number of benzene rings is 2. The third-order valence-corrected chi connectivity index (χ3v) is 4.69. The summed E-state index contributed by atoms with van der Waals surface area (Å²) in [5, 5.41) is 20.7. The normalized spacial score (nSPS) is 15.1. The molecule has 1 amide bonds. The molecule has 0 radical (unpaired) electrons. The van der Waals surface area contributed by atoms with E-state index in [9.17, 15) is 20.0 Å². The molecule has 6 nitrogen and oxygen atoms in total. The van der Waals surface area contributed by atoms with Gasteiger partial charge in [-0.1, -0.05) is 30.3 Å². The number of likely N-dealkylation sites (tertiary alicyclic amines) is 1. The minimum atomic E-state index is -0.594. The SMILES string of the molecule is O=C(c1ccc([N+](=O)[O-])cc1O)N1CCC(Cc2ccccc2)CC1. The number of carbonyl (C=O) groups excluding carboxylic acids is 1. The summed E-state index contributed by atoms with van der Waals surface area (Å²) in [5.74, 6) is -0.0759. The van der Waals surface area contributed by atoms with E-state index in [1.54, 1.807) is 4.90 Å². The van der Waals surface area contributed by atoms with Gasteiger partial charge in [-0.3, -0.25) is 14.9 Å². The lowest BCUT2D eigenvalue weighted by molar-refractivity contribution is -0.384. The first-order valence-corrected chi connectivity index (χ1v) is 8.35. The summed E-state index contributed by atoms with van der Waals surface area (Å²) in [5.41, 5.74) is 1.20. The van der Waals surface area contributed by atoms with Gasteiger partial charge < -0.3 is 10.0 Å². The molecule has 0 saturated carbocycles. The number of phenolic OH excluding ortho intramolecular Hbond substituents is 1. The Labute approximate surface area is 145 Å². The number of amides is 1. The Kier molecular flexibility index (Phi) is 4.97. The van der Waals surface area contributed by atoms with Crippen molar-refractivity contribution in [2.24, 2.45) is 5.92 Å². The minimum absolute atomic E-state index is 0.118. The number of piperidine rings is 1. The number of nitro benzene ring substituents is 1. The molecule has 6 heteroatoms. The molecular weight excluding hydrogens is 320 g/mol. The van der Waals surface area contributed by atoms with Crippen LogP contribution in [0.5, 0.6) is 5.75 Å². The first-order valence-electron chi connectivity index (χ1n) is 8.35. The van der Waals surface area contributed by atoms with Gasteiger partial charge in [-0.05, 0) is 36.8 Å². The van der Waals surface area contributed by atoms with Crippen LogP contribution in [0.25, 0.3) is 0 Å². The molecule has 0 spiro atoms. The first kappa shape index (κ1) is 17.0. The second-order valence-electron chi connectivity index (χ2n) is 6.38. The molecular formula is C19H20N2O4. The minimum Gasteiger partial charge on any atom is -0.507 e. The van der Waals surface area contributed by atoms with Crippen molar-refractivity contribution in [1.29, 1.82) is 0 Å². The molecule has 130 valence electrons. The van der Waals surface area contributed by atoms with Gasteiger partial charge in [0, 0.05) is 19.2 Å². The van der Waals surface area contributed by atoms with Crippen molar-refractivity contribution < 1.29 is 14.8 Å². The molecule has 1 fully saturated rings. The van der Waals surface area contributed by atoms with E-state index in [2.05, 4.69) is 12.1 Å². The van der Waals surface area contributed by atoms with Gasteiger partial charge in [0.05, 0.1) is 16.6 Å². The molecule has 0 atom stereocenters. The van der Waals surface area contributed by atoms with Crippen LogP contribution in [0.3, 0.4) is 0 Å². The van der Waals surface area contributed by atoms with E-state index in [4.69, 9.17) is 0 Å². The zero-order valence-corrected chi connectivity index (χ0v) is 13.8. The highest BCUT2D eigenvalue weighted by Gasteiger charge is 2.26. The van der Waals surface area contributed by atoms with E-state index in [1.165, 1.54) is 17.7 Å². The van der Waals surface area contributed by atoms with Gasteiger partial charge in [0.2, 0.25) is 0 Å². The highest BCUT2D eigenvalue weighted by molar-refractivity contribution is 5.97. The fourth-order valence-corrected chi connectivity index (χ4v) is 3.27. The molecule has 1 aliphatic heterocycles. The van der Waals surface area contributed by atoms with Crippen LogP contribution in [0.15, 0.2) is 48.5 Å². The summed E-state index contributed by atoms with van der Waals surface area (Å²) in [6, 6.07) is 13.9. The molecule has 2 aromatic rings.